The van der Waals surface area contributed by atoms with Crippen LogP contribution >= 0.6 is 0 Å². The molecular formula is C29H30FNO4. The zero-order valence-electron chi connectivity index (χ0n) is 20.1. The molecule has 0 atom stereocenters. The molecule has 0 unspecified atom stereocenters. The fourth-order valence-corrected chi connectivity index (χ4v) is 4.18. The highest BCUT2D eigenvalue weighted by Crippen LogP contribution is 2.35. The van der Waals surface area contributed by atoms with Crippen molar-refractivity contribution < 1.29 is 23.1 Å². The lowest BCUT2D eigenvalue weighted by Crippen LogP contribution is -2.05. The molecule has 0 saturated carbocycles. The first kappa shape index (κ1) is 24.5. The Kier molecular flexibility index (Phi) is 7.83. The van der Waals surface area contributed by atoms with E-state index in [0.29, 0.717) is 35.3 Å². The Bertz CT molecular complexity index is 1330. The van der Waals surface area contributed by atoms with Gasteiger partial charge in [-0.2, -0.15) is 0 Å². The van der Waals surface area contributed by atoms with Gasteiger partial charge in [0.25, 0.3) is 0 Å². The number of rotatable bonds is 10. The number of benzene rings is 3. The fraction of sp³-hybridized carbons (Fsp3) is 0.276. The quantitative estimate of drug-likeness (QED) is 0.271. The average molecular weight is 476 g/mol. The third kappa shape index (κ3) is 5.72. The lowest BCUT2D eigenvalue weighted by Gasteiger charge is -2.13. The lowest BCUT2D eigenvalue weighted by atomic mass is 9.98. The van der Waals surface area contributed by atoms with Gasteiger partial charge in [0.2, 0.25) is 0 Å². The Morgan fingerprint density at radius 1 is 1.00 bits per heavy atom. The van der Waals surface area contributed by atoms with Gasteiger partial charge >= 0.3 is 5.97 Å². The summed E-state index contributed by atoms with van der Waals surface area (Å²) >= 11 is 0. The van der Waals surface area contributed by atoms with E-state index < -0.39 is 0 Å². The van der Waals surface area contributed by atoms with Crippen LogP contribution in [0.5, 0.6) is 5.75 Å². The number of nitrogens with two attached hydrogens (primary N) is 1. The summed E-state index contributed by atoms with van der Waals surface area (Å²) in [6.07, 6.45) is 2.31. The largest absolute Gasteiger partial charge is 0.489 e. The van der Waals surface area contributed by atoms with Crippen molar-refractivity contribution in [3.05, 3.63) is 88.9 Å². The molecule has 4 aromatic rings. The smallest absolute Gasteiger partial charge is 0.302 e. The first-order valence-corrected chi connectivity index (χ1v) is 11.9. The van der Waals surface area contributed by atoms with E-state index >= 15 is 4.39 Å². The summed E-state index contributed by atoms with van der Waals surface area (Å²) in [6, 6.07) is 18.9. The Labute approximate surface area is 204 Å². The van der Waals surface area contributed by atoms with E-state index in [1.54, 1.807) is 12.1 Å². The van der Waals surface area contributed by atoms with Gasteiger partial charge in [0.05, 0.1) is 6.61 Å². The average Bonchev–Trinajstić information content (AvgIpc) is 3.26. The van der Waals surface area contributed by atoms with Crippen LogP contribution in [-0.4, -0.2) is 12.6 Å². The zero-order valence-corrected chi connectivity index (χ0v) is 20.1. The third-order valence-corrected chi connectivity index (χ3v) is 5.86. The van der Waals surface area contributed by atoms with Crippen molar-refractivity contribution in [1.29, 1.82) is 0 Å². The van der Waals surface area contributed by atoms with E-state index in [9.17, 15) is 4.79 Å². The van der Waals surface area contributed by atoms with Gasteiger partial charge in [-0.05, 0) is 41.8 Å². The predicted octanol–water partition coefficient (Wildman–Crippen LogP) is 6.33. The molecule has 0 amide bonds. The van der Waals surface area contributed by atoms with Gasteiger partial charge in [-0.3, -0.25) is 4.79 Å². The molecule has 0 radical (unpaired) electrons. The van der Waals surface area contributed by atoms with Gasteiger partial charge < -0.3 is 19.6 Å². The van der Waals surface area contributed by atoms with Gasteiger partial charge in [-0.1, -0.05) is 43.3 Å². The summed E-state index contributed by atoms with van der Waals surface area (Å²) < 4.78 is 32.7. The van der Waals surface area contributed by atoms with Gasteiger partial charge in [0.15, 0.2) is 0 Å². The van der Waals surface area contributed by atoms with E-state index in [4.69, 9.17) is 19.6 Å². The second-order valence-electron chi connectivity index (χ2n) is 8.49. The molecule has 1 heterocycles. The van der Waals surface area contributed by atoms with Crippen LogP contribution in [-0.2, 0) is 35.5 Å². The maximum absolute atomic E-state index is 15.3. The van der Waals surface area contributed by atoms with E-state index in [2.05, 4.69) is 6.92 Å². The molecular weight excluding hydrogens is 445 g/mol. The molecule has 1 aromatic heterocycles. The second kappa shape index (κ2) is 11.2. The second-order valence-corrected chi connectivity index (χ2v) is 8.49. The maximum atomic E-state index is 15.3. The Hall–Kier alpha value is -3.64. The number of furan rings is 1. The van der Waals surface area contributed by atoms with Gasteiger partial charge in [-0.15, -0.1) is 0 Å². The number of esters is 1. The molecule has 0 fully saturated rings. The van der Waals surface area contributed by atoms with Crippen molar-refractivity contribution >= 4 is 16.9 Å². The van der Waals surface area contributed by atoms with Crippen molar-refractivity contribution in [2.75, 3.05) is 6.61 Å². The topological polar surface area (TPSA) is 74.7 Å². The molecule has 3 aromatic carbocycles. The molecule has 182 valence electrons. The molecule has 6 heteroatoms. The Morgan fingerprint density at radius 2 is 1.80 bits per heavy atom. The number of halogens is 1. The highest BCUT2D eigenvalue weighted by atomic mass is 19.1. The summed E-state index contributed by atoms with van der Waals surface area (Å²) in [7, 11) is 0. The Morgan fingerprint density at radius 3 is 2.57 bits per heavy atom. The number of hydrogen-bond acceptors (Lipinski definition) is 5. The third-order valence-electron chi connectivity index (χ3n) is 5.86. The summed E-state index contributed by atoms with van der Waals surface area (Å²) in [5, 5.41) is 0.908. The normalized spacial score (nSPS) is 11.1. The van der Waals surface area contributed by atoms with Crippen LogP contribution in [0.2, 0.25) is 0 Å². The summed E-state index contributed by atoms with van der Waals surface area (Å²) in [6.45, 7) is 4.19. The minimum atomic E-state index is -0.335. The summed E-state index contributed by atoms with van der Waals surface area (Å²) in [5.41, 5.74) is 9.85. The standard InChI is InChI=1S/C29H30FNO4/c1-3-7-24-16-23-14-20(18-34-27-11-5-4-8-21(27)12-13-33-19(2)32)15-26(29(23)35-24)25-10-6-9-22(17-31)28(25)30/h4-6,8-11,14-16H,3,7,12-13,17-18,31H2,1-2H3. The molecule has 0 spiro atoms. The number of carbonyl (C=O) groups is 1. The van der Waals surface area contributed by atoms with Crippen LogP contribution in [0, 0.1) is 5.82 Å². The van der Waals surface area contributed by atoms with Crippen LogP contribution in [0.1, 0.15) is 42.7 Å². The molecule has 0 aliphatic rings. The van der Waals surface area contributed by atoms with Crippen molar-refractivity contribution in [2.24, 2.45) is 5.73 Å². The van der Waals surface area contributed by atoms with Crippen LogP contribution < -0.4 is 10.5 Å². The zero-order chi connectivity index (χ0) is 24.8. The number of carbonyl (C=O) groups excluding carboxylic acids is 1. The van der Waals surface area contributed by atoms with Gasteiger partial charge in [0, 0.05) is 48.4 Å². The predicted molar refractivity (Wildman–Crippen MR) is 135 cm³/mol. The van der Waals surface area contributed by atoms with E-state index in [1.165, 1.54) is 6.92 Å². The molecule has 0 bridgehead atoms. The summed E-state index contributed by atoms with van der Waals surface area (Å²) in [4.78, 5) is 11.1. The number of fused-ring (bicyclic) bond motifs is 1. The number of hydrogen-bond donors (Lipinski definition) is 1. The van der Waals surface area contributed by atoms with Gasteiger partial charge in [0.1, 0.15) is 29.5 Å². The number of ether oxygens (including phenoxy) is 2. The number of para-hydroxylation sites is 1. The first-order chi connectivity index (χ1) is 17.0. The maximum Gasteiger partial charge on any atom is 0.302 e. The van der Waals surface area contributed by atoms with Crippen molar-refractivity contribution in [3.63, 3.8) is 0 Å². The van der Waals surface area contributed by atoms with Crippen molar-refractivity contribution in [2.45, 2.75) is 46.3 Å². The van der Waals surface area contributed by atoms with Gasteiger partial charge in [-0.25, -0.2) is 4.39 Å². The van der Waals surface area contributed by atoms with Crippen LogP contribution in [0.3, 0.4) is 0 Å². The van der Waals surface area contributed by atoms with E-state index in [0.717, 1.165) is 40.9 Å². The minimum absolute atomic E-state index is 0.120. The monoisotopic (exact) mass is 475 g/mol. The molecule has 35 heavy (non-hydrogen) atoms. The van der Waals surface area contributed by atoms with E-state index in [-0.39, 0.29) is 24.9 Å². The summed E-state index contributed by atoms with van der Waals surface area (Å²) in [5.74, 6) is 0.945. The van der Waals surface area contributed by atoms with E-state index in [1.807, 2.05) is 48.5 Å². The first-order valence-electron chi connectivity index (χ1n) is 11.9. The molecule has 2 N–H and O–H groups in total. The Balaban J connectivity index is 1.68. The molecule has 0 aliphatic carbocycles. The molecule has 4 rings (SSSR count). The minimum Gasteiger partial charge on any atom is -0.489 e. The molecule has 0 saturated heterocycles. The van der Waals surface area contributed by atoms with Crippen molar-refractivity contribution in [3.8, 4) is 16.9 Å². The molecule has 5 nitrogen and oxygen atoms in total. The SMILES string of the molecule is CCCc1cc2cc(COc3ccccc3CCOC(C)=O)cc(-c3cccc(CN)c3F)c2o1. The van der Waals surface area contributed by atoms with Crippen molar-refractivity contribution in [1.82, 2.24) is 0 Å². The molecule has 0 aliphatic heterocycles. The van der Waals surface area contributed by atoms with Crippen LogP contribution in [0.15, 0.2) is 65.1 Å². The highest BCUT2D eigenvalue weighted by Gasteiger charge is 2.17. The number of aryl methyl sites for hydroxylation is 1. The highest BCUT2D eigenvalue weighted by molar-refractivity contribution is 5.94. The fourth-order valence-electron chi connectivity index (χ4n) is 4.18. The lowest BCUT2D eigenvalue weighted by molar-refractivity contribution is -0.140. The van der Waals surface area contributed by atoms with Crippen LogP contribution in [0.4, 0.5) is 4.39 Å². The van der Waals surface area contributed by atoms with Crippen LogP contribution in [0.25, 0.3) is 22.1 Å².